The van der Waals surface area contributed by atoms with Crippen LogP contribution in [0.4, 0.5) is 5.69 Å². The fraction of sp³-hybridized carbons (Fsp3) is 0.0833. The van der Waals surface area contributed by atoms with E-state index in [4.69, 9.17) is 4.42 Å². The summed E-state index contributed by atoms with van der Waals surface area (Å²) < 4.78 is 5.95. The number of hydrogen-bond acceptors (Lipinski definition) is 3. The lowest BCUT2D eigenvalue weighted by Gasteiger charge is -2.08. The van der Waals surface area contributed by atoms with Crippen molar-refractivity contribution >= 4 is 22.6 Å². The first-order valence-corrected chi connectivity index (χ1v) is 9.03. The lowest BCUT2D eigenvalue weighted by atomic mass is 10.1. The van der Waals surface area contributed by atoms with Gasteiger partial charge < -0.3 is 9.73 Å². The number of hydrogen-bond donors (Lipinski definition) is 1. The Bertz CT molecular complexity index is 1240. The summed E-state index contributed by atoms with van der Waals surface area (Å²) in [4.78, 5) is 25.1. The first kappa shape index (κ1) is 17.7. The van der Waals surface area contributed by atoms with E-state index in [1.165, 1.54) is 6.07 Å². The summed E-state index contributed by atoms with van der Waals surface area (Å²) in [5, 5.41) is 3.26. The molecule has 0 aliphatic rings. The monoisotopic (exact) mass is 369 g/mol. The van der Waals surface area contributed by atoms with E-state index in [0.29, 0.717) is 28.0 Å². The van der Waals surface area contributed by atoms with Crippen LogP contribution in [0.15, 0.2) is 82.0 Å². The fourth-order valence-electron chi connectivity index (χ4n) is 3.12. The van der Waals surface area contributed by atoms with E-state index in [1.54, 1.807) is 30.3 Å². The van der Waals surface area contributed by atoms with Crippen LogP contribution in [-0.4, -0.2) is 5.91 Å². The van der Waals surface area contributed by atoms with E-state index in [2.05, 4.69) is 5.32 Å². The van der Waals surface area contributed by atoms with Crippen molar-refractivity contribution in [1.82, 2.24) is 0 Å². The largest absolute Gasteiger partial charge is 0.456 e. The third-order valence-corrected chi connectivity index (χ3v) is 4.71. The topological polar surface area (TPSA) is 59.3 Å². The second-order valence-corrected chi connectivity index (χ2v) is 6.82. The molecule has 4 aromatic rings. The number of amides is 1. The predicted octanol–water partition coefficient (Wildman–Crippen LogP) is 5.33. The Morgan fingerprint density at radius 2 is 1.64 bits per heavy atom. The van der Waals surface area contributed by atoms with Crippen molar-refractivity contribution in [2.24, 2.45) is 0 Å². The molecule has 138 valence electrons. The van der Waals surface area contributed by atoms with Gasteiger partial charge in [-0.2, -0.15) is 0 Å². The average Bonchev–Trinajstić information content (AvgIpc) is 2.69. The van der Waals surface area contributed by atoms with Crippen LogP contribution in [0.5, 0.6) is 0 Å². The van der Waals surface area contributed by atoms with Crippen molar-refractivity contribution in [3.8, 4) is 11.3 Å². The van der Waals surface area contributed by atoms with Gasteiger partial charge in [-0.1, -0.05) is 42.0 Å². The third kappa shape index (κ3) is 3.45. The smallest absolute Gasteiger partial charge is 0.255 e. The molecule has 0 atom stereocenters. The highest BCUT2D eigenvalue weighted by Gasteiger charge is 2.11. The quantitative estimate of drug-likeness (QED) is 0.531. The molecule has 4 heteroatoms. The summed E-state index contributed by atoms with van der Waals surface area (Å²) >= 11 is 0. The minimum absolute atomic E-state index is 0.147. The highest BCUT2D eigenvalue weighted by Crippen LogP contribution is 2.26. The Kier molecular flexibility index (Phi) is 4.53. The summed E-state index contributed by atoms with van der Waals surface area (Å²) in [6, 6.07) is 21.7. The lowest BCUT2D eigenvalue weighted by Crippen LogP contribution is -2.12. The molecule has 4 nitrogen and oxygen atoms in total. The normalized spacial score (nSPS) is 10.8. The minimum Gasteiger partial charge on any atom is -0.456 e. The number of benzene rings is 3. The van der Waals surface area contributed by atoms with E-state index >= 15 is 0 Å². The van der Waals surface area contributed by atoms with Gasteiger partial charge in [0.05, 0.1) is 5.39 Å². The first-order valence-electron chi connectivity index (χ1n) is 9.03. The summed E-state index contributed by atoms with van der Waals surface area (Å²) in [5.41, 5.74) is 4.46. The number of nitrogens with one attached hydrogen (secondary N) is 1. The van der Waals surface area contributed by atoms with E-state index in [0.717, 1.165) is 16.7 Å². The summed E-state index contributed by atoms with van der Waals surface area (Å²) in [6.45, 7) is 3.94. The third-order valence-electron chi connectivity index (χ3n) is 4.71. The average molecular weight is 369 g/mol. The molecule has 0 spiro atoms. The molecular formula is C24H19NO3. The summed E-state index contributed by atoms with van der Waals surface area (Å²) in [5.74, 6) is 0.312. The number of fused-ring (bicyclic) bond motifs is 1. The molecule has 0 radical (unpaired) electrons. The van der Waals surface area contributed by atoms with E-state index in [9.17, 15) is 9.59 Å². The molecular weight excluding hydrogens is 350 g/mol. The first-order chi connectivity index (χ1) is 13.5. The van der Waals surface area contributed by atoms with Gasteiger partial charge in [0.1, 0.15) is 11.3 Å². The van der Waals surface area contributed by atoms with Crippen LogP contribution < -0.4 is 10.7 Å². The van der Waals surface area contributed by atoms with Crippen LogP contribution in [0.2, 0.25) is 0 Å². The van der Waals surface area contributed by atoms with Crippen LogP contribution >= 0.6 is 0 Å². The van der Waals surface area contributed by atoms with Crippen LogP contribution in [0.25, 0.3) is 22.3 Å². The Balaban J connectivity index is 1.68. The molecule has 0 unspecified atom stereocenters. The van der Waals surface area contributed by atoms with Crippen LogP contribution in [0.3, 0.4) is 0 Å². The molecule has 0 aliphatic carbocycles. The maximum atomic E-state index is 12.7. The number of carbonyl (C=O) groups excluding carboxylic acids is 1. The molecule has 1 heterocycles. The molecule has 1 aromatic heterocycles. The highest BCUT2D eigenvalue weighted by molar-refractivity contribution is 6.05. The van der Waals surface area contributed by atoms with Gasteiger partial charge in [0.2, 0.25) is 0 Å². The van der Waals surface area contributed by atoms with Crippen molar-refractivity contribution in [2.75, 3.05) is 5.32 Å². The standard InChI is InChI=1S/C24H19NO3/c1-15-7-9-17(10-8-15)24(27)25-18-11-12-22-20(13-18)21(26)14-23(28-22)19-6-4-3-5-16(19)2/h3-14H,1-2H3,(H,25,27). The molecule has 0 saturated heterocycles. The summed E-state index contributed by atoms with van der Waals surface area (Å²) in [7, 11) is 0. The Labute approximate surface area is 162 Å². The SMILES string of the molecule is Cc1ccc(C(=O)Nc2ccc3oc(-c4ccccc4C)cc(=O)c3c2)cc1. The van der Waals surface area contributed by atoms with Crippen LogP contribution in [0, 0.1) is 13.8 Å². The Hall–Kier alpha value is -3.66. The molecule has 28 heavy (non-hydrogen) atoms. The second kappa shape index (κ2) is 7.16. The number of rotatable bonds is 3. The summed E-state index contributed by atoms with van der Waals surface area (Å²) in [6.07, 6.45) is 0. The Morgan fingerprint density at radius 1 is 0.893 bits per heavy atom. The van der Waals surface area contributed by atoms with Crippen LogP contribution in [0.1, 0.15) is 21.5 Å². The predicted molar refractivity (Wildman–Crippen MR) is 112 cm³/mol. The number of carbonyl (C=O) groups is 1. The van der Waals surface area contributed by atoms with Crippen molar-refractivity contribution < 1.29 is 9.21 Å². The van der Waals surface area contributed by atoms with Gasteiger partial charge in [-0.05, 0) is 49.7 Å². The number of aryl methyl sites for hydroxylation is 2. The Morgan fingerprint density at radius 3 is 2.39 bits per heavy atom. The molecule has 0 fully saturated rings. The van der Waals surface area contributed by atoms with Gasteiger partial charge in [-0.15, -0.1) is 0 Å². The molecule has 0 bridgehead atoms. The van der Waals surface area contributed by atoms with Gasteiger partial charge in [0.15, 0.2) is 5.43 Å². The van der Waals surface area contributed by atoms with E-state index < -0.39 is 0 Å². The van der Waals surface area contributed by atoms with E-state index in [-0.39, 0.29) is 11.3 Å². The van der Waals surface area contributed by atoms with Gasteiger partial charge in [-0.25, -0.2) is 0 Å². The fourth-order valence-corrected chi connectivity index (χ4v) is 3.12. The molecule has 0 saturated carbocycles. The second-order valence-electron chi connectivity index (χ2n) is 6.82. The van der Waals surface area contributed by atoms with Crippen molar-refractivity contribution in [3.63, 3.8) is 0 Å². The maximum Gasteiger partial charge on any atom is 0.255 e. The van der Waals surface area contributed by atoms with E-state index in [1.807, 2.05) is 50.2 Å². The zero-order chi connectivity index (χ0) is 19.7. The highest BCUT2D eigenvalue weighted by atomic mass is 16.3. The van der Waals surface area contributed by atoms with Crippen molar-refractivity contribution in [3.05, 3.63) is 99.7 Å². The molecule has 3 aromatic carbocycles. The lowest BCUT2D eigenvalue weighted by molar-refractivity contribution is 0.102. The zero-order valence-corrected chi connectivity index (χ0v) is 15.7. The van der Waals surface area contributed by atoms with Gasteiger partial charge in [0, 0.05) is 22.9 Å². The van der Waals surface area contributed by atoms with Gasteiger partial charge >= 0.3 is 0 Å². The zero-order valence-electron chi connectivity index (χ0n) is 15.7. The van der Waals surface area contributed by atoms with Crippen molar-refractivity contribution in [1.29, 1.82) is 0 Å². The van der Waals surface area contributed by atoms with Gasteiger partial charge in [0.25, 0.3) is 5.91 Å². The minimum atomic E-state index is -0.222. The van der Waals surface area contributed by atoms with Gasteiger partial charge in [-0.3, -0.25) is 9.59 Å². The molecule has 1 N–H and O–H groups in total. The molecule has 4 rings (SSSR count). The van der Waals surface area contributed by atoms with Crippen LogP contribution in [-0.2, 0) is 0 Å². The molecule has 0 aliphatic heterocycles. The number of anilines is 1. The molecule has 1 amide bonds. The van der Waals surface area contributed by atoms with Crippen molar-refractivity contribution in [2.45, 2.75) is 13.8 Å². The maximum absolute atomic E-state index is 12.7.